The number of allylic oxidation sites excluding steroid dienone is 1. The highest BCUT2D eigenvalue weighted by molar-refractivity contribution is 6.04. The molecule has 0 amide bonds. The van der Waals surface area contributed by atoms with Crippen LogP contribution in [-0.2, 0) is 14.3 Å². The molecule has 144 valence electrons. The molecule has 1 N–H and O–H groups in total. The molecule has 2 bridgehead atoms. The molecule has 6 heteroatoms. The van der Waals surface area contributed by atoms with Gasteiger partial charge in [-0.05, 0) is 36.1 Å². The number of rotatable bonds is 5. The summed E-state index contributed by atoms with van der Waals surface area (Å²) in [7, 11) is 2.93. The third-order valence-electron chi connectivity index (χ3n) is 6.51. The summed E-state index contributed by atoms with van der Waals surface area (Å²) in [6.07, 6.45) is 3.00. The van der Waals surface area contributed by atoms with Gasteiger partial charge in [-0.1, -0.05) is 19.1 Å². The summed E-state index contributed by atoms with van der Waals surface area (Å²) in [5, 5.41) is 11.4. The van der Waals surface area contributed by atoms with Gasteiger partial charge >= 0.3 is 0 Å². The molecule has 1 aromatic rings. The molecule has 27 heavy (non-hydrogen) atoms. The van der Waals surface area contributed by atoms with Crippen LogP contribution in [0.5, 0.6) is 11.5 Å². The Morgan fingerprint density at radius 1 is 1.33 bits per heavy atom. The number of benzene rings is 1. The minimum Gasteiger partial charge on any atom is -0.493 e. The number of ketones is 1. The Hall–Kier alpha value is -2.31. The van der Waals surface area contributed by atoms with E-state index in [-0.39, 0.29) is 30.2 Å². The van der Waals surface area contributed by atoms with Crippen molar-refractivity contribution < 1.29 is 28.8 Å². The molecule has 1 fully saturated rings. The normalized spacial score (nSPS) is 36.5. The molecule has 0 aromatic heterocycles. The van der Waals surface area contributed by atoms with E-state index in [2.05, 4.69) is 6.58 Å². The predicted molar refractivity (Wildman–Crippen MR) is 97.6 cm³/mol. The fraction of sp³-hybridized carbons (Fsp3) is 0.476. The first-order chi connectivity index (χ1) is 13.0. The van der Waals surface area contributed by atoms with Crippen molar-refractivity contribution in [2.45, 2.75) is 31.0 Å². The van der Waals surface area contributed by atoms with Crippen molar-refractivity contribution in [2.75, 3.05) is 21.0 Å². The van der Waals surface area contributed by atoms with Crippen molar-refractivity contribution >= 4 is 5.78 Å². The summed E-state index contributed by atoms with van der Waals surface area (Å²) >= 11 is 0. The van der Waals surface area contributed by atoms with Crippen molar-refractivity contribution in [3.8, 4) is 11.5 Å². The Balaban J connectivity index is 1.93. The summed E-state index contributed by atoms with van der Waals surface area (Å²) in [6.45, 7) is 6.06. The molecule has 5 atom stereocenters. The Bertz CT molecular complexity index is 830. The fourth-order valence-electron chi connectivity index (χ4n) is 5.21. The molecule has 1 saturated carbocycles. The quantitative estimate of drug-likeness (QED) is 0.801. The highest BCUT2D eigenvalue weighted by Crippen LogP contribution is 2.64. The Kier molecular flexibility index (Phi) is 4.09. The molecule has 6 nitrogen and oxygen atoms in total. The molecule has 0 saturated heterocycles. The van der Waals surface area contributed by atoms with Gasteiger partial charge in [-0.3, -0.25) is 4.79 Å². The maximum absolute atomic E-state index is 13.3. The lowest BCUT2D eigenvalue weighted by molar-refractivity contribution is -0.162. The lowest BCUT2D eigenvalue weighted by Gasteiger charge is -2.41. The van der Waals surface area contributed by atoms with Crippen molar-refractivity contribution in [1.82, 2.24) is 0 Å². The first-order valence-corrected chi connectivity index (χ1v) is 9.01. The van der Waals surface area contributed by atoms with Gasteiger partial charge in [-0.25, -0.2) is 0 Å². The molecule has 1 aliphatic heterocycles. The van der Waals surface area contributed by atoms with Gasteiger partial charge in [0, 0.05) is 18.4 Å². The summed E-state index contributed by atoms with van der Waals surface area (Å²) in [6, 6.07) is 5.61. The van der Waals surface area contributed by atoms with E-state index in [0.717, 1.165) is 5.56 Å². The van der Waals surface area contributed by atoms with Gasteiger partial charge in [0.05, 0.1) is 7.11 Å². The second-order valence-corrected chi connectivity index (χ2v) is 7.43. The van der Waals surface area contributed by atoms with Crippen LogP contribution >= 0.6 is 0 Å². The van der Waals surface area contributed by atoms with Crippen LogP contribution in [0.15, 0.2) is 42.7 Å². The van der Waals surface area contributed by atoms with Crippen LogP contribution in [0.1, 0.15) is 24.8 Å². The number of carbonyl (C=O) groups excluding carboxylic acids is 1. The number of aliphatic hydroxyl groups is 1. The van der Waals surface area contributed by atoms with Gasteiger partial charge in [0.1, 0.15) is 6.10 Å². The molecular weight excluding hydrogens is 348 g/mol. The van der Waals surface area contributed by atoms with E-state index < -0.39 is 17.1 Å². The minimum absolute atomic E-state index is 0.109. The molecule has 2 aliphatic carbocycles. The minimum atomic E-state index is -1.43. The van der Waals surface area contributed by atoms with Crippen molar-refractivity contribution in [2.24, 2.45) is 11.3 Å². The molecular formula is C21H24O6. The highest BCUT2D eigenvalue weighted by Gasteiger charge is 2.72. The molecule has 0 radical (unpaired) electrons. The van der Waals surface area contributed by atoms with E-state index in [0.29, 0.717) is 17.9 Å². The lowest BCUT2D eigenvalue weighted by Crippen LogP contribution is -2.57. The smallest absolute Gasteiger partial charge is 0.232 e. The van der Waals surface area contributed by atoms with Gasteiger partial charge in [0.15, 0.2) is 22.9 Å². The maximum Gasteiger partial charge on any atom is 0.232 e. The van der Waals surface area contributed by atoms with E-state index in [4.69, 9.17) is 18.9 Å². The molecule has 0 unspecified atom stereocenters. The van der Waals surface area contributed by atoms with Gasteiger partial charge in [-0.15, -0.1) is 6.58 Å². The van der Waals surface area contributed by atoms with E-state index in [9.17, 15) is 9.90 Å². The van der Waals surface area contributed by atoms with Crippen LogP contribution in [0.2, 0.25) is 0 Å². The van der Waals surface area contributed by atoms with Crippen molar-refractivity contribution in [3.63, 3.8) is 0 Å². The van der Waals surface area contributed by atoms with E-state index in [1.165, 1.54) is 14.2 Å². The topological polar surface area (TPSA) is 74.2 Å². The van der Waals surface area contributed by atoms with Crippen LogP contribution in [0.25, 0.3) is 0 Å². The van der Waals surface area contributed by atoms with Gasteiger partial charge in [0.25, 0.3) is 0 Å². The van der Waals surface area contributed by atoms with Crippen LogP contribution in [0, 0.1) is 11.3 Å². The third-order valence-corrected chi connectivity index (χ3v) is 6.51. The number of ether oxygens (including phenoxy) is 4. The Morgan fingerprint density at radius 2 is 2.07 bits per heavy atom. The highest BCUT2D eigenvalue weighted by atomic mass is 16.7. The number of fused-ring (bicyclic) bond motifs is 3. The summed E-state index contributed by atoms with van der Waals surface area (Å²) in [4.78, 5) is 13.3. The largest absolute Gasteiger partial charge is 0.493 e. The van der Waals surface area contributed by atoms with Crippen molar-refractivity contribution in [1.29, 1.82) is 0 Å². The zero-order valence-electron chi connectivity index (χ0n) is 15.7. The number of Topliss-reactive ketones (excluding diaryl/α,β-unsaturated/α-hetero) is 1. The molecule has 4 rings (SSSR count). The van der Waals surface area contributed by atoms with Gasteiger partial charge in [-0.2, -0.15) is 0 Å². The molecule has 1 heterocycles. The van der Waals surface area contributed by atoms with Crippen molar-refractivity contribution in [3.05, 3.63) is 48.3 Å². The third kappa shape index (κ3) is 2.11. The zero-order valence-corrected chi connectivity index (χ0v) is 15.7. The number of methoxy groups -OCH3 is 2. The monoisotopic (exact) mass is 372 g/mol. The van der Waals surface area contributed by atoms with Crippen LogP contribution in [-0.4, -0.2) is 43.6 Å². The Morgan fingerprint density at radius 3 is 2.74 bits per heavy atom. The van der Waals surface area contributed by atoms with Crippen LogP contribution in [0.3, 0.4) is 0 Å². The van der Waals surface area contributed by atoms with Crippen LogP contribution in [0.4, 0.5) is 0 Å². The average molecular weight is 372 g/mol. The molecule has 0 spiro atoms. The first kappa shape index (κ1) is 18.1. The number of hydrogen-bond acceptors (Lipinski definition) is 6. The summed E-state index contributed by atoms with van der Waals surface area (Å²) in [5.41, 5.74) is -1.29. The van der Waals surface area contributed by atoms with Crippen LogP contribution < -0.4 is 9.47 Å². The number of hydrogen-bond donors (Lipinski definition) is 1. The zero-order chi connectivity index (χ0) is 19.4. The van der Waals surface area contributed by atoms with Gasteiger partial charge < -0.3 is 24.1 Å². The maximum atomic E-state index is 13.3. The predicted octanol–water partition coefficient (Wildman–Crippen LogP) is 2.57. The van der Waals surface area contributed by atoms with E-state index >= 15 is 0 Å². The summed E-state index contributed by atoms with van der Waals surface area (Å²) < 4.78 is 22.1. The number of carbonyl (C=O) groups is 1. The van der Waals surface area contributed by atoms with E-state index in [1.54, 1.807) is 12.2 Å². The fourth-order valence-corrected chi connectivity index (χ4v) is 5.21. The standard InChI is InChI=1S/C21H24O6/c1-5-8-20-10-16(24-3)18(22)21(25-4,19(20)23)17(12(20)2)13-6-7-14-15(9-13)27-11-26-14/h5-7,9-10,12,17,19,23H,1,8,11H2,2-4H3/t12-,17+,19+,20-,21+/m0/s1. The molecule has 1 aromatic carbocycles. The average Bonchev–Trinajstić information content (AvgIpc) is 3.18. The lowest BCUT2D eigenvalue weighted by atomic mass is 9.70. The van der Waals surface area contributed by atoms with Gasteiger partial charge in [0.2, 0.25) is 12.6 Å². The first-order valence-electron chi connectivity index (χ1n) is 9.01. The Labute approximate surface area is 158 Å². The second-order valence-electron chi connectivity index (χ2n) is 7.43. The summed E-state index contributed by atoms with van der Waals surface area (Å²) in [5.74, 6) is 0.686. The second kappa shape index (κ2) is 6.11. The SMILES string of the molecule is C=CC[C@@]12C=C(OC)C(=O)[C@@](OC)([C@@H]1O)[C@@H](c1ccc3c(c1)OCO3)[C@@H]2C. The number of aliphatic hydroxyl groups excluding tert-OH is 1. The van der Waals surface area contributed by atoms with E-state index in [1.807, 2.05) is 25.1 Å². The molecule has 3 aliphatic rings.